The average Bonchev–Trinajstić information content (AvgIpc) is 2.85. The van der Waals surface area contributed by atoms with E-state index in [4.69, 9.17) is 0 Å². The Morgan fingerprint density at radius 3 is 2.59 bits per heavy atom. The van der Waals surface area contributed by atoms with Gasteiger partial charge in [0.25, 0.3) is 21.8 Å². The molecule has 3 rings (SSSR count). The SMILES string of the molecule is CCNCc1cccc(NC(=O)c2ccc3c(c2)S(=O)(=O)N(CC)C3=O)c1. The van der Waals surface area contributed by atoms with Crippen molar-refractivity contribution in [3.63, 3.8) is 0 Å². The van der Waals surface area contributed by atoms with Crippen LogP contribution in [0.4, 0.5) is 5.69 Å². The van der Waals surface area contributed by atoms with Crippen molar-refractivity contribution in [1.29, 1.82) is 0 Å². The van der Waals surface area contributed by atoms with Crippen LogP contribution >= 0.6 is 0 Å². The van der Waals surface area contributed by atoms with Gasteiger partial charge in [0.05, 0.1) is 5.56 Å². The quantitative estimate of drug-likeness (QED) is 0.792. The van der Waals surface area contributed by atoms with Crippen LogP contribution in [-0.2, 0) is 16.6 Å². The van der Waals surface area contributed by atoms with Crippen LogP contribution in [0, 0.1) is 0 Å². The Morgan fingerprint density at radius 1 is 1.11 bits per heavy atom. The Labute approximate surface area is 158 Å². The van der Waals surface area contributed by atoms with Gasteiger partial charge >= 0.3 is 0 Å². The third-order valence-electron chi connectivity index (χ3n) is 4.32. The van der Waals surface area contributed by atoms with Crippen molar-refractivity contribution in [1.82, 2.24) is 9.62 Å². The fourth-order valence-corrected chi connectivity index (χ4v) is 4.56. The van der Waals surface area contributed by atoms with E-state index >= 15 is 0 Å². The molecule has 7 nitrogen and oxygen atoms in total. The topological polar surface area (TPSA) is 95.6 Å². The first-order chi connectivity index (χ1) is 12.9. The van der Waals surface area contributed by atoms with Crippen molar-refractivity contribution >= 4 is 27.5 Å². The summed E-state index contributed by atoms with van der Waals surface area (Å²) in [5, 5.41) is 5.98. The van der Waals surface area contributed by atoms with Gasteiger partial charge in [-0.05, 0) is 49.4 Å². The van der Waals surface area contributed by atoms with E-state index in [1.54, 1.807) is 13.0 Å². The molecule has 0 fully saturated rings. The summed E-state index contributed by atoms with van der Waals surface area (Å²) in [6.07, 6.45) is 0. The minimum Gasteiger partial charge on any atom is -0.322 e. The van der Waals surface area contributed by atoms with Gasteiger partial charge in [0.2, 0.25) is 0 Å². The van der Waals surface area contributed by atoms with Gasteiger partial charge in [-0.25, -0.2) is 12.7 Å². The standard InChI is InChI=1S/C19H21N3O4S/c1-3-20-12-13-6-5-7-15(10-13)21-18(23)14-8-9-16-17(11-14)27(25,26)22(4-2)19(16)24/h5-11,20H,3-4,12H2,1-2H3,(H,21,23). The molecule has 0 aromatic heterocycles. The zero-order valence-corrected chi connectivity index (χ0v) is 16.0. The highest BCUT2D eigenvalue weighted by Crippen LogP contribution is 2.31. The Balaban J connectivity index is 1.85. The summed E-state index contributed by atoms with van der Waals surface area (Å²) >= 11 is 0. The van der Waals surface area contributed by atoms with E-state index < -0.39 is 21.8 Å². The van der Waals surface area contributed by atoms with Gasteiger partial charge in [0.1, 0.15) is 4.90 Å². The van der Waals surface area contributed by atoms with Crippen molar-refractivity contribution in [2.24, 2.45) is 0 Å². The van der Waals surface area contributed by atoms with Crippen LogP contribution in [0.3, 0.4) is 0 Å². The van der Waals surface area contributed by atoms with E-state index in [9.17, 15) is 18.0 Å². The number of sulfonamides is 1. The Kier molecular flexibility index (Phi) is 5.29. The Hall–Kier alpha value is -2.71. The number of benzene rings is 2. The second-order valence-electron chi connectivity index (χ2n) is 6.12. The van der Waals surface area contributed by atoms with Crippen molar-refractivity contribution in [3.8, 4) is 0 Å². The van der Waals surface area contributed by atoms with Crippen LogP contribution in [0.1, 0.15) is 40.1 Å². The summed E-state index contributed by atoms with van der Waals surface area (Å²) in [5.74, 6) is -0.994. The molecule has 1 heterocycles. The minimum atomic E-state index is -3.90. The predicted octanol–water partition coefficient (Wildman–Crippen LogP) is 2.21. The molecule has 0 saturated carbocycles. The Bertz CT molecular complexity index is 1000. The molecule has 0 bridgehead atoms. The van der Waals surface area contributed by atoms with Crippen molar-refractivity contribution in [2.45, 2.75) is 25.3 Å². The summed E-state index contributed by atoms with van der Waals surface area (Å²) in [5.41, 5.74) is 1.92. The molecular weight excluding hydrogens is 366 g/mol. The smallest absolute Gasteiger partial charge is 0.268 e. The molecule has 2 aromatic carbocycles. The first kappa shape index (κ1) is 19.1. The molecule has 142 valence electrons. The van der Waals surface area contributed by atoms with Crippen LogP contribution < -0.4 is 10.6 Å². The lowest BCUT2D eigenvalue weighted by Crippen LogP contribution is -2.29. The molecule has 0 saturated heterocycles. The maximum absolute atomic E-state index is 12.6. The van der Waals surface area contributed by atoms with Crippen LogP contribution in [0.15, 0.2) is 47.4 Å². The lowest BCUT2D eigenvalue weighted by atomic mass is 10.1. The maximum atomic E-state index is 12.6. The van der Waals surface area contributed by atoms with E-state index in [0.717, 1.165) is 16.4 Å². The lowest BCUT2D eigenvalue weighted by Gasteiger charge is -2.11. The number of rotatable bonds is 6. The fourth-order valence-electron chi connectivity index (χ4n) is 2.96. The largest absolute Gasteiger partial charge is 0.322 e. The maximum Gasteiger partial charge on any atom is 0.268 e. The molecule has 1 aliphatic rings. The predicted molar refractivity (Wildman–Crippen MR) is 102 cm³/mol. The summed E-state index contributed by atoms with van der Waals surface area (Å²) in [4.78, 5) is 24.6. The molecule has 27 heavy (non-hydrogen) atoms. The normalized spacial score (nSPS) is 14.9. The van der Waals surface area contributed by atoms with Gasteiger partial charge in [-0.2, -0.15) is 0 Å². The highest BCUT2D eigenvalue weighted by Gasteiger charge is 2.40. The lowest BCUT2D eigenvalue weighted by molar-refractivity contribution is 0.0875. The number of carbonyl (C=O) groups is 2. The average molecular weight is 387 g/mol. The van der Waals surface area contributed by atoms with Crippen LogP contribution in [0.5, 0.6) is 0 Å². The van der Waals surface area contributed by atoms with E-state index in [0.29, 0.717) is 12.2 Å². The van der Waals surface area contributed by atoms with Crippen LogP contribution in [0.25, 0.3) is 0 Å². The molecule has 0 aliphatic carbocycles. The second-order valence-corrected chi connectivity index (χ2v) is 7.95. The Morgan fingerprint density at radius 2 is 1.89 bits per heavy atom. The molecule has 8 heteroatoms. The molecule has 0 spiro atoms. The van der Waals surface area contributed by atoms with Crippen molar-refractivity contribution < 1.29 is 18.0 Å². The van der Waals surface area contributed by atoms with Gasteiger partial charge in [-0.3, -0.25) is 9.59 Å². The van der Waals surface area contributed by atoms with Gasteiger partial charge in [0.15, 0.2) is 0 Å². The zero-order valence-electron chi connectivity index (χ0n) is 15.2. The number of hydrogen-bond acceptors (Lipinski definition) is 5. The number of amides is 2. The highest BCUT2D eigenvalue weighted by molar-refractivity contribution is 7.90. The van der Waals surface area contributed by atoms with Gasteiger partial charge in [0, 0.05) is 24.3 Å². The summed E-state index contributed by atoms with van der Waals surface area (Å²) in [6, 6.07) is 11.5. The first-order valence-electron chi connectivity index (χ1n) is 8.70. The molecule has 0 radical (unpaired) electrons. The first-order valence-corrected chi connectivity index (χ1v) is 10.1. The van der Waals surface area contributed by atoms with Gasteiger partial charge in [-0.1, -0.05) is 19.1 Å². The third-order valence-corrected chi connectivity index (χ3v) is 6.22. The van der Waals surface area contributed by atoms with Gasteiger partial charge < -0.3 is 10.6 Å². The van der Waals surface area contributed by atoms with Crippen molar-refractivity contribution in [2.75, 3.05) is 18.4 Å². The number of anilines is 1. The molecular formula is C19H21N3O4S. The molecule has 0 atom stereocenters. The fraction of sp³-hybridized carbons (Fsp3) is 0.263. The number of hydrogen-bond donors (Lipinski definition) is 2. The van der Waals surface area contributed by atoms with E-state index in [2.05, 4.69) is 10.6 Å². The van der Waals surface area contributed by atoms with Gasteiger partial charge in [-0.15, -0.1) is 0 Å². The monoisotopic (exact) mass is 387 g/mol. The highest BCUT2D eigenvalue weighted by atomic mass is 32.2. The molecule has 2 amide bonds. The van der Waals surface area contributed by atoms with Crippen LogP contribution in [0.2, 0.25) is 0 Å². The third kappa shape index (κ3) is 3.58. The summed E-state index contributed by atoms with van der Waals surface area (Å²) in [6.45, 7) is 5.18. The van der Waals surface area contributed by atoms with E-state index in [1.807, 2.05) is 25.1 Å². The molecule has 1 aliphatic heterocycles. The number of nitrogens with one attached hydrogen (secondary N) is 2. The summed E-state index contributed by atoms with van der Waals surface area (Å²) in [7, 11) is -3.90. The minimum absolute atomic E-state index is 0.0516. The number of nitrogens with zero attached hydrogens (tertiary/aromatic N) is 1. The van der Waals surface area contributed by atoms with E-state index in [1.165, 1.54) is 18.2 Å². The molecule has 2 aromatic rings. The number of fused-ring (bicyclic) bond motifs is 1. The second kappa shape index (κ2) is 7.50. The summed E-state index contributed by atoms with van der Waals surface area (Å²) < 4.78 is 25.7. The zero-order chi connectivity index (χ0) is 19.6. The van der Waals surface area contributed by atoms with Crippen molar-refractivity contribution in [3.05, 3.63) is 59.2 Å². The van der Waals surface area contributed by atoms with Crippen LogP contribution in [-0.4, -0.2) is 37.6 Å². The van der Waals surface area contributed by atoms with E-state index in [-0.39, 0.29) is 22.6 Å². The molecule has 2 N–H and O–H groups in total. The number of carbonyl (C=O) groups excluding carboxylic acids is 2. The molecule has 0 unspecified atom stereocenters.